The van der Waals surface area contributed by atoms with E-state index < -0.39 is 50.9 Å². The smallest absolute Gasteiger partial charge is 0.471 e. The normalized spacial score (nSPS) is 15.9. The van der Waals surface area contributed by atoms with E-state index >= 15 is 0 Å². The monoisotopic (exact) mass is 784 g/mol. The SMILES string of the molecule is COc1cccc(OC)c1OCC(=O)N[C@@H](Cc1ccccc1)[C@H](C[C@H](Cc1ccccc1)NC(=O)[C@H](C(C)C)N1CCCNC1=O)OC(C)OP(=O)(O)O. The van der Waals surface area contributed by atoms with Crippen molar-refractivity contribution in [1.82, 2.24) is 20.9 Å². The number of hydrogen-bond acceptors (Lipinski definition) is 9. The Morgan fingerprint density at radius 3 is 2.02 bits per heavy atom. The number of ether oxygens (including phenoxy) is 4. The molecule has 3 aromatic rings. The molecule has 1 unspecified atom stereocenters. The molecule has 0 aliphatic carbocycles. The van der Waals surface area contributed by atoms with E-state index in [0.29, 0.717) is 37.4 Å². The number of para-hydroxylation sites is 1. The molecule has 4 amide bonds. The van der Waals surface area contributed by atoms with Gasteiger partial charge in [0.05, 0.1) is 26.4 Å². The Labute approximate surface area is 322 Å². The molecular formula is C39H53N4O11P. The minimum Gasteiger partial charge on any atom is -0.493 e. The predicted molar refractivity (Wildman–Crippen MR) is 205 cm³/mol. The third kappa shape index (κ3) is 13.5. The average molecular weight is 785 g/mol. The summed E-state index contributed by atoms with van der Waals surface area (Å²) in [5.74, 6) is -0.180. The molecule has 5 atom stereocenters. The van der Waals surface area contributed by atoms with Gasteiger partial charge in [-0.2, -0.15) is 0 Å². The van der Waals surface area contributed by atoms with Crippen LogP contribution in [0.4, 0.5) is 4.79 Å². The maximum atomic E-state index is 14.2. The van der Waals surface area contributed by atoms with Gasteiger partial charge in [0, 0.05) is 19.1 Å². The van der Waals surface area contributed by atoms with Crippen LogP contribution in [0.25, 0.3) is 0 Å². The van der Waals surface area contributed by atoms with Crippen LogP contribution in [0, 0.1) is 5.92 Å². The number of carbonyl (C=O) groups is 3. The standard InChI is InChI=1S/C39H53N4O11P/c1-26(2)36(43-21-13-20-40-39(43)46)38(45)41-30(22-28-14-8-6-9-15-28)24-34(53-27(3)54-55(47,48)49)31(23-29-16-10-7-11-17-29)42-35(44)25-52-37-32(50-4)18-12-19-33(37)51-5/h6-12,14-19,26-27,30-31,34,36H,13,20-25H2,1-5H3,(H,40,46)(H,41,45)(H,42,44)(H2,47,48,49)/t27?,30-,31-,34-,36-/m0/s1. The number of phosphoric acid groups is 1. The van der Waals surface area contributed by atoms with E-state index in [2.05, 4.69) is 16.0 Å². The minimum atomic E-state index is -4.99. The summed E-state index contributed by atoms with van der Waals surface area (Å²) in [6.07, 6.45) is -1.10. The van der Waals surface area contributed by atoms with Crippen LogP contribution in [-0.2, 0) is 36.3 Å². The number of phosphoric ester groups is 1. The zero-order valence-electron chi connectivity index (χ0n) is 31.9. The van der Waals surface area contributed by atoms with Crippen molar-refractivity contribution in [3.05, 3.63) is 90.0 Å². The van der Waals surface area contributed by atoms with Gasteiger partial charge in [0.25, 0.3) is 5.91 Å². The van der Waals surface area contributed by atoms with E-state index in [1.165, 1.54) is 21.1 Å². The van der Waals surface area contributed by atoms with Crippen LogP contribution in [0.15, 0.2) is 78.9 Å². The van der Waals surface area contributed by atoms with E-state index in [1.54, 1.807) is 23.1 Å². The molecule has 1 aliphatic rings. The van der Waals surface area contributed by atoms with Gasteiger partial charge < -0.3 is 49.6 Å². The summed E-state index contributed by atoms with van der Waals surface area (Å²) in [6.45, 7) is 5.60. The molecule has 0 spiro atoms. The van der Waals surface area contributed by atoms with Crippen LogP contribution in [0.2, 0.25) is 0 Å². The van der Waals surface area contributed by atoms with Crippen molar-refractivity contribution in [2.24, 2.45) is 5.92 Å². The largest absolute Gasteiger partial charge is 0.493 e. The lowest BCUT2D eigenvalue weighted by Gasteiger charge is -2.38. The molecule has 4 rings (SSSR count). The van der Waals surface area contributed by atoms with E-state index in [1.807, 2.05) is 74.5 Å². The molecule has 55 heavy (non-hydrogen) atoms. The molecule has 0 radical (unpaired) electrons. The molecule has 5 N–H and O–H groups in total. The molecule has 3 aromatic carbocycles. The Hall–Kier alpha value is -4.66. The van der Waals surface area contributed by atoms with Gasteiger partial charge in [-0.15, -0.1) is 0 Å². The first-order valence-corrected chi connectivity index (χ1v) is 19.8. The summed E-state index contributed by atoms with van der Waals surface area (Å²) in [5, 5.41) is 8.99. The Bertz CT molecular complexity index is 1700. The molecule has 15 nitrogen and oxygen atoms in total. The van der Waals surface area contributed by atoms with Crippen molar-refractivity contribution in [1.29, 1.82) is 0 Å². The maximum absolute atomic E-state index is 14.2. The number of urea groups is 1. The number of methoxy groups -OCH3 is 2. The third-order valence-electron chi connectivity index (χ3n) is 9.01. The summed E-state index contributed by atoms with van der Waals surface area (Å²) in [6, 6.07) is 21.3. The molecule has 0 aromatic heterocycles. The van der Waals surface area contributed by atoms with Crippen LogP contribution in [0.5, 0.6) is 17.2 Å². The molecule has 1 heterocycles. The van der Waals surface area contributed by atoms with Crippen LogP contribution >= 0.6 is 7.82 Å². The molecular weight excluding hydrogens is 731 g/mol. The molecule has 16 heteroatoms. The Balaban J connectivity index is 1.69. The minimum absolute atomic E-state index is 0.0610. The zero-order valence-corrected chi connectivity index (χ0v) is 32.8. The second kappa shape index (κ2) is 20.9. The number of nitrogens with zero attached hydrogens (tertiary/aromatic N) is 1. The van der Waals surface area contributed by atoms with E-state index in [-0.39, 0.29) is 36.4 Å². The quantitative estimate of drug-likeness (QED) is 0.0768. The fourth-order valence-corrected chi connectivity index (χ4v) is 7.08. The maximum Gasteiger partial charge on any atom is 0.471 e. The van der Waals surface area contributed by atoms with Gasteiger partial charge >= 0.3 is 13.9 Å². The Morgan fingerprint density at radius 1 is 0.873 bits per heavy atom. The van der Waals surface area contributed by atoms with Crippen molar-refractivity contribution in [2.75, 3.05) is 33.9 Å². The van der Waals surface area contributed by atoms with Crippen LogP contribution in [0.1, 0.15) is 44.7 Å². The summed E-state index contributed by atoms with van der Waals surface area (Å²) < 4.78 is 39.8. The number of carbonyl (C=O) groups excluding carboxylic acids is 3. The zero-order chi connectivity index (χ0) is 40.0. The van der Waals surface area contributed by atoms with Crippen LogP contribution in [-0.4, -0.2) is 97.0 Å². The molecule has 1 fully saturated rings. The first kappa shape index (κ1) is 43.1. The van der Waals surface area contributed by atoms with Crippen molar-refractivity contribution in [2.45, 2.75) is 77.0 Å². The summed E-state index contributed by atoms with van der Waals surface area (Å²) in [4.78, 5) is 61.6. The summed E-state index contributed by atoms with van der Waals surface area (Å²) >= 11 is 0. The Morgan fingerprint density at radius 2 is 1.47 bits per heavy atom. The topological polar surface area (TPSA) is 194 Å². The lowest BCUT2D eigenvalue weighted by Crippen LogP contribution is -2.59. The number of nitrogens with one attached hydrogen (secondary N) is 3. The average Bonchev–Trinajstić information content (AvgIpc) is 3.14. The molecule has 300 valence electrons. The fraction of sp³-hybridized carbons (Fsp3) is 0.462. The van der Waals surface area contributed by atoms with Crippen molar-refractivity contribution < 1.29 is 52.2 Å². The number of benzene rings is 3. The fourth-order valence-electron chi connectivity index (χ4n) is 6.64. The van der Waals surface area contributed by atoms with Gasteiger partial charge in [0.15, 0.2) is 24.4 Å². The predicted octanol–water partition coefficient (Wildman–Crippen LogP) is 4.21. The lowest BCUT2D eigenvalue weighted by atomic mass is 9.92. The summed E-state index contributed by atoms with van der Waals surface area (Å²) in [7, 11) is -2.05. The Kier molecular flexibility index (Phi) is 16.3. The number of rotatable bonds is 21. The van der Waals surface area contributed by atoms with Crippen LogP contribution < -0.4 is 30.2 Å². The van der Waals surface area contributed by atoms with E-state index in [4.69, 9.17) is 23.5 Å². The highest BCUT2D eigenvalue weighted by Crippen LogP contribution is 2.39. The number of amides is 4. The number of hydrogen-bond donors (Lipinski definition) is 5. The molecule has 0 bridgehead atoms. The van der Waals surface area contributed by atoms with Gasteiger partial charge in [-0.1, -0.05) is 80.6 Å². The van der Waals surface area contributed by atoms with Crippen LogP contribution in [0.3, 0.4) is 0 Å². The highest BCUT2D eigenvalue weighted by molar-refractivity contribution is 7.46. The molecule has 1 aliphatic heterocycles. The van der Waals surface area contributed by atoms with Gasteiger partial charge in [0.1, 0.15) is 6.04 Å². The van der Waals surface area contributed by atoms with Gasteiger partial charge in [0.2, 0.25) is 11.7 Å². The first-order chi connectivity index (χ1) is 26.3. The van der Waals surface area contributed by atoms with E-state index in [0.717, 1.165) is 11.1 Å². The highest BCUT2D eigenvalue weighted by atomic mass is 31.2. The first-order valence-electron chi connectivity index (χ1n) is 18.2. The lowest BCUT2D eigenvalue weighted by molar-refractivity contribution is -0.140. The molecule has 1 saturated heterocycles. The second-order valence-electron chi connectivity index (χ2n) is 13.6. The van der Waals surface area contributed by atoms with Crippen molar-refractivity contribution in [3.8, 4) is 17.2 Å². The second-order valence-corrected chi connectivity index (χ2v) is 14.8. The van der Waals surface area contributed by atoms with Crippen molar-refractivity contribution >= 4 is 25.7 Å². The molecule has 0 saturated carbocycles. The highest BCUT2D eigenvalue weighted by Gasteiger charge is 2.37. The summed E-state index contributed by atoms with van der Waals surface area (Å²) in [5.41, 5.74) is 1.72. The van der Waals surface area contributed by atoms with Gasteiger partial charge in [-0.05, 0) is 61.8 Å². The van der Waals surface area contributed by atoms with E-state index in [9.17, 15) is 28.7 Å². The third-order valence-corrected chi connectivity index (χ3v) is 9.58. The van der Waals surface area contributed by atoms with Gasteiger partial charge in [-0.3, -0.25) is 14.1 Å². The van der Waals surface area contributed by atoms with Gasteiger partial charge in [-0.25, -0.2) is 9.36 Å². The van der Waals surface area contributed by atoms with Crippen molar-refractivity contribution in [3.63, 3.8) is 0 Å².